The first-order valence-corrected chi connectivity index (χ1v) is 11.7. The topological polar surface area (TPSA) is 75.7 Å². The van der Waals surface area contributed by atoms with E-state index in [4.69, 9.17) is 16.3 Å². The molecule has 0 unspecified atom stereocenters. The number of ether oxygens (including phenoxy) is 1. The molecule has 0 radical (unpaired) electrons. The molecule has 1 aromatic heterocycles. The summed E-state index contributed by atoms with van der Waals surface area (Å²) in [4.78, 5) is 13.1. The standard InChI is InChI=1S/C20H20ClFN2O4S2/c1-4-24(5-2)30(26,27)13-7-9-16(28-3)15(11-13)23-20(25)19-18(21)14-8-6-12(22)10-17(14)29-19/h6-11H,4-5H2,1-3H3,(H,23,25). The van der Waals surface area contributed by atoms with Gasteiger partial charge < -0.3 is 10.1 Å². The van der Waals surface area contributed by atoms with E-state index in [2.05, 4.69) is 5.32 Å². The molecule has 0 atom stereocenters. The second kappa shape index (κ2) is 8.89. The fourth-order valence-corrected chi connectivity index (χ4v) is 5.94. The van der Waals surface area contributed by atoms with Gasteiger partial charge in [0.1, 0.15) is 16.4 Å². The number of nitrogens with one attached hydrogen (secondary N) is 1. The van der Waals surface area contributed by atoms with E-state index >= 15 is 0 Å². The monoisotopic (exact) mass is 470 g/mol. The number of nitrogens with zero attached hydrogens (tertiary/aromatic N) is 1. The second-order valence-corrected chi connectivity index (χ2v) is 9.66. The Morgan fingerprint density at radius 2 is 1.90 bits per heavy atom. The normalized spacial score (nSPS) is 11.8. The first-order valence-electron chi connectivity index (χ1n) is 9.10. The molecule has 0 saturated carbocycles. The molecule has 3 aromatic rings. The molecule has 1 amide bonds. The molecule has 0 aliphatic heterocycles. The average Bonchev–Trinajstić information content (AvgIpc) is 3.04. The summed E-state index contributed by atoms with van der Waals surface area (Å²) in [6.45, 7) is 4.14. The van der Waals surface area contributed by atoms with Crippen LogP contribution in [0, 0.1) is 5.82 Å². The van der Waals surface area contributed by atoms with Crippen LogP contribution in [0.1, 0.15) is 23.5 Å². The molecular formula is C20H20ClFN2O4S2. The number of hydrogen-bond donors (Lipinski definition) is 1. The number of halogens is 2. The highest BCUT2D eigenvalue weighted by Gasteiger charge is 2.24. The van der Waals surface area contributed by atoms with Gasteiger partial charge in [0, 0.05) is 23.2 Å². The van der Waals surface area contributed by atoms with Crippen LogP contribution in [0.3, 0.4) is 0 Å². The van der Waals surface area contributed by atoms with Crippen molar-refractivity contribution < 1.29 is 22.3 Å². The zero-order chi connectivity index (χ0) is 22.1. The van der Waals surface area contributed by atoms with E-state index in [0.717, 1.165) is 11.3 Å². The molecule has 0 aliphatic rings. The molecule has 160 valence electrons. The van der Waals surface area contributed by atoms with Crippen molar-refractivity contribution in [3.63, 3.8) is 0 Å². The third kappa shape index (κ3) is 4.15. The maximum atomic E-state index is 13.5. The molecule has 10 heteroatoms. The van der Waals surface area contributed by atoms with E-state index < -0.39 is 21.7 Å². The molecule has 30 heavy (non-hydrogen) atoms. The molecule has 3 rings (SSSR count). The molecule has 1 N–H and O–H groups in total. The predicted molar refractivity (Wildman–Crippen MR) is 118 cm³/mol. The Morgan fingerprint density at radius 3 is 2.53 bits per heavy atom. The Morgan fingerprint density at radius 1 is 1.20 bits per heavy atom. The Balaban J connectivity index is 2.00. The highest BCUT2D eigenvalue weighted by atomic mass is 35.5. The van der Waals surface area contributed by atoms with Crippen LogP contribution in [0.25, 0.3) is 10.1 Å². The van der Waals surface area contributed by atoms with Crippen molar-refractivity contribution in [2.45, 2.75) is 18.7 Å². The largest absolute Gasteiger partial charge is 0.495 e. The SMILES string of the molecule is CCN(CC)S(=O)(=O)c1ccc(OC)c(NC(=O)c2sc3cc(F)ccc3c2Cl)c1. The Labute approximate surface area is 183 Å². The highest BCUT2D eigenvalue weighted by molar-refractivity contribution is 7.89. The minimum Gasteiger partial charge on any atom is -0.495 e. The first kappa shape index (κ1) is 22.5. The van der Waals surface area contributed by atoms with Crippen LogP contribution < -0.4 is 10.1 Å². The smallest absolute Gasteiger partial charge is 0.267 e. The van der Waals surface area contributed by atoms with Crippen molar-refractivity contribution in [1.82, 2.24) is 4.31 Å². The number of hydrogen-bond acceptors (Lipinski definition) is 5. The van der Waals surface area contributed by atoms with Crippen molar-refractivity contribution in [2.24, 2.45) is 0 Å². The third-order valence-electron chi connectivity index (χ3n) is 4.56. The summed E-state index contributed by atoms with van der Waals surface area (Å²) in [7, 11) is -2.31. The lowest BCUT2D eigenvalue weighted by Gasteiger charge is -2.19. The summed E-state index contributed by atoms with van der Waals surface area (Å²) in [5.74, 6) is -0.675. The molecule has 0 fully saturated rings. The number of methoxy groups -OCH3 is 1. The van der Waals surface area contributed by atoms with Gasteiger partial charge in [-0.05, 0) is 36.4 Å². The van der Waals surface area contributed by atoms with Crippen LogP contribution in [-0.2, 0) is 10.0 Å². The fraction of sp³-hybridized carbons (Fsp3) is 0.250. The minimum atomic E-state index is -3.72. The second-order valence-electron chi connectivity index (χ2n) is 6.29. The van der Waals surface area contributed by atoms with Crippen molar-refractivity contribution in [3.8, 4) is 5.75 Å². The van der Waals surface area contributed by atoms with E-state index in [-0.39, 0.29) is 20.5 Å². The number of anilines is 1. The van der Waals surface area contributed by atoms with Gasteiger partial charge in [0.2, 0.25) is 10.0 Å². The summed E-state index contributed by atoms with van der Waals surface area (Å²) in [5.41, 5.74) is 0.190. The maximum absolute atomic E-state index is 13.5. The van der Waals surface area contributed by atoms with E-state index in [9.17, 15) is 17.6 Å². The van der Waals surface area contributed by atoms with Crippen LogP contribution >= 0.6 is 22.9 Å². The number of amides is 1. The number of fused-ring (bicyclic) bond motifs is 1. The summed E-state index contributed by atoms with van der Waals surface area (Å²) in [5, 5.41) is 3.44. The number of carbonyl (C=O) groups is 1. The first-order chi connectivity index (χ1) is 14.2. The van der Waals surface area contributed by atoms with Crippen LogP contribution in [-0.4, -0.2) is 38.8 Å². The fourth-order valence-electron chi connectivity index (χ4n) is 3.02. The lowest BCUT2D eigenvalue weighted by molar-refractivity contribution is 0.103. The highest BCUT2D eigenvalue weighted by Crippen LogP contribution is 2.37. The van der Waals surface area contributed by atoms with Crippen molar-refractivity contribution in [3.05, 3.63) is 52.1 Å². The summed E-state index contributed by atoms with van der Waals surface area (Å²) < 4.78 is 46.3. The summed E-state index contributed by atoms with van der Waals surface area (Å²) in [6, 6.07) is 8.35. The van der Waals surface area contributed by atoms with Crippen LogP contribution in [0.2, 0.25) is 5.02 Å². The number of sulfonamides is 1. The van der Waals surface area contributed by atoms with Gasteiger partial charge in [0.05, 0.1) is 22.7 Å². The summed E-state index contributed by atoms with van der Waals surface area (Å²) in [6.07, 6.45) is 0. The number of rotatable bonds is 7. The quantitative estimate of drug-likeness (QED) is 0.528. The van der Waals surface area contributed by atoms with Gasteiger partial charge in [-0.25, -0.2) is 12.8 Å². The lowest BCUT2D eigenvalue weighted by atomic mass is 10.2. The Hall–Kier alpha value is -2.20. The van der Waals surface area contributed by atoms with Gasteiger partial charge in [0.25, 0.3) is 5.91 Å². The van der Waals surface area contributed by atoms with Gasteiger partial charge in [-0.1, -0.05) is 25.4 Å². The van der Waals surface area contributed by atoms with Gasteiger partial charge in [-0.15, -0.1) is 11.3 Å². The molecule has 2 aromatic carbocycles. The Kier molecular flexibility index (Phi) is 6.66. The molecular weight excluding hydrogens is 451 g/mol. The molecule has 0 bridgehead atoms. The van der Waals surface area contributed by atoms with Gasteiger partial charge >= 0.3 is 0 Å². The van der Waals surface area contributed by atoms with Crippen LogP contribution in [0.4, 0.5) is 10.1 Å². The average molecular weight is 471 g/mol. The molecule has 0 aliphatic carbocycles. The predicted octanol–water partition coefficient (Wildman–Crippen LogP) is 4.99. The van der Waals surface area contributed by atoms with Crippen molar-refractivity contribution in [2.75, 3.05) is 25.5 Å². The number of thiophene rings is 1. The lowest BCUT2D eigenvalue weighted by Crippen LogP contribution is -2.30. The molecule has 1 heterocycles. The van der Waals surface area contributed by atoms with Gasteiger partial charge in [-0.2, -0.15) is 4.31 Å². The van der Waals surface area contributed by atoms with Crippen molar-refractivity contribution >= 4 is 54.6 Å². The van der Waals surface area contributed by atoms with Crippen LogP contribution in [0.5, 0.6) is 5.75 Å². The minimum absolute atomic E-state index is 0.0341. The van der Waals surface area contributed by atoms with E-state index in [0.29, 0.717) is 28.9 Å². The van der Waals surface area contributed by atoms with Crippen LogP contribution in [0.15, 0.2) is 41.3 Å². The van der Waals surface area contributed by atoms with Gasteiger partial charge in [-0.3, -0.25) is 4.79 Å². The van der Waals surface area contributed by atoms with Gasteiger partial charge in [0.15, 0.2) is 0 Å². The zero-order valence-corrected chi connectivity index (χ0v) is 18.9. The molecule has 0 saturated heterocycles. The van der Waals surface area contributed by atoms with E-state index in [1.807, 2.05) is 0 Å². The Bertz CT molecular complexity index is 1210. The zero-order valence-electron chi connectivity index (χ0n) is 16.5. The van der Waals surface area contributed by atoms with E-state index in [1.54, 1.807) is 13.8 Å². The number of benzene rings is 2. The molecule has 6 nitrogen and oxygen atoms in total. The summed E-state index contributed by atoms with van der Waals surface area (Å²) >= 11 is 7.37. The van der Waals surface area contributed by atoms with Crippen molar-refractivity contribution in [1.29, 1.82) is 0 Å². The maximum Gasteiger partial charge on any atom is 0.267 e. The third-order valence-corrected chi connectivity index (χ3v) is 8.26. The molecule has 0 spiro atoms. The number of carbonyl (C=O) groups excluding carboxylic acids is 1. The van der Waals surface area contributed by atoms with E-state index in [1.165, 1.54) is 47.8 Å².